The summed E-state index contributed by atoms with van der Waals surface area (Å²) in [5.74, 6) is -0.910. The van der Waals surface area contributed by atoms with Gasteiger partial charge in [-0.2, -0.15) is 0 Å². The maximum absolute atomic E-state index is 13.2. The van der Waals surface area contributed by atoms with Crippen molar-refractivity contribution in [3.63, 3.8) is 0 Å². The summed E-state index contributed by atoms with van der Waals surface area (Å²) in [6, 6.07) is 0. The molecule has 0 aliphatic heterocycles. The lowest BCUT2D eigenvalue weighted by atomic mass is 9.77. The maximum atomic E-state index is 13.2. The van der Waals surface area contributed by atoms with E-state index in [-0.39, 0.29) is 35.0 Å². The van der Waals surface area contributed by atoms with Crippen molar-refractivity contribution in [2.45, 2.75) is 128 Å². The third kappa shape index (κ3) is 4.91. The third-order valence-corrected chi connectivity index (χ3v) is 7.82. The van der Waals surface area contributed by atoms with E-state index in [0.717, 1.165) is 89.9 Å². The summed E-state index contributed by atoms with van der Waals surface area (Å²) in [5, 5.41) is 0. The molecule has 2 atom stereocenters. The topological polar surface area (TPSA) is 52.6 Å². The first kappa shape index (κ1) is 21.6. The van der Waals surface area contributed by atoms with Crippen molar-refractivity contribution in [3.05, 3.63) is 0 Å². The Morgan fingerprint density at radius 3 is 1.32 bits per heavy atom. The molecular formula is C24H40O4. The van der Waals surface area contributed by atoms with Crippen LogP contribution in [0.3, 0.4) is 0 Å². The molecule has 0 amide bonds. The fourth-order valence-corrected chi connectivity index (χ4v) is 5.72. The Hall–Kier alpha value is -1.06. The Bertz CT molecular complexity index is 481. The number of carbonyl (C=O) groups is 2. The first-order valence-electron chi connectivity index (χ1n) is 12.0. The van der Waals surface area contributed by atoms with Gasteiger partial charge in [-0.3, -0.25) is 9.59 Å². The number of rotatable bonds is 6. The first-order chi connectivity index (χ1) is 13.5. The van der Waals surface area contributed by atoms with Crippen LogP contribution >= 0.6 is 0 Å². The quantitative estimate of drug-likeness (QED) is 0.512. The van der Waals surface area contributed by atoms with Gasteiger partial charge >= 0.3 is 11.9 Å². The molecule has 0 heterocycles. The summed E-state index contributed by atoms with van der Waals surface area (Å²) >= 11 is 0. The molecular weight excluding hydrogens is 352 g/mol. The second kappa shape index (κ2) is 9.63. The van der Waals surface area contributed by atoms with Crippen LogP contribution in [0.2, 0.25) is 0 Å². The van der Waals surface area contributed by atoms with Crippen LogP contribution in [0.1, 0.15) is 117 Å². The average molecular weight is 393 g/mol. The second-order valence-electron chi connectivity index (χ2n) is 9.53. The molecule has 0 saturated heterocycles. The molecule has 3 aliphatic carbocycles. The highest BCUT2D eigenvalue weighted by Gasteiger charge is 2.44. The van der Waals surface area contributed by atoms with Gasteiger partial charge in [0.25, 0.3) is 0 Å². The Labute approximate surface area is 171 Å². The summed E-state index contributed by atoms with van der Waals surface area (Å²) in [6.45, 7) is 4.25. The number of esters is 2. The molecule has 0 radical (unpaired) electrons. The van der Waals surface area contributed by atoms with Crippen LogP contribution in [0.15, 0.2) is 0 Å². The van der Waals surface area contributed by atoms with Gasteiger partial charge in [0.1, 0.15) is 11.2 Å². The molecule has 3 aliphatic rings. The second-order valence-corrected chi connectivity index (χ2v) is 9.53. The van der Waals surface area contributed by atoms with Crippen LogP contribution in [0.5, 0.6) is 0 Å². The summed E-state index contributed by atoms with van der Waals surface area (Å²) in [5.41, 5.74) is -0.593. The van der Waals surface area contributed by atoms with Gasteiger partial charge in [-0.15, -0.1) is 0 Å². The van der Waals surface area contributed by atoms with E-state index in [4.69, 9.17) is 9.47 Å². The zero-order valence-corrected chi connectivity index (χ0v) is 18.1. The maximum Gasteiger partial charge on any atom is 0.310 e. The standard InChI is InChI=1S/C24H40O4/c1-3-23(15-9-5-10-16-23)27-21(25)19-13-7-8-14-20(19)22(26)28-24(4-2)17-11-6-12-18-24/h19-20H,3-18H2,1-2H3. The summed E-state index contributed by atoms with van der Waals surface area (Å²) in [7, 11) is 0. The van der Waals surface area contributed by atoms with Crippen molar-refractivity contribution in [3.8, 4) is 0 Å². The van der Waals surface area contributed by atoms with Crippen LogP contribution in [0.4, 0.5) is 0 Å². The molecule has 0 aromatic rings. The van der Waals surface area contributed by atoms with Crippen molar-refractivity contribution in [2.75, 3.05) is 0 Å². The molecule has 160 valence electrons. The van der Waals surface area contributed by atoms with E-state index in [1.807, 2.05) is 0 Å². The predicted octanol–water partition coefficient (Wildman–Crippen LogP) is 6.11. The van der Waals surface area contributed by atoms with Gasteiger partial charge in [0.2, 0.25) is 0 Å². The zero-order chi connectivity index (χ0) is 20.0. The number of hydrogen-bond donors (Lipinski definition) is 0. The molecule has 3 fully saturated rings. The summed E-state index contributed by atoms with van der Waals surface area (Å²) in [4.78, 5) is 26.3. The van der Waals surface area contributed by atoms with Gasteiger partial charge in [0.05, 0.1) is 11.8 Å². The number of carbonyl (C=O) groups excluding carboxylic acids is 2. The van der Waals surface area contributed by atoms with Crippen molar-refractivity contribution < 1.29 is 19.1 Å². The van der Waals surface area contributed by atoms with Gasteiger partial charge in [0, 0.05) is 0 Å². The lowest BCUT2D eigenvalue weighted by Gasteiger charge is -2.40. The van der Waals surface area contributed by atoms with Gasteiger partial charge in [-0.25, -0.2) is 0 Å². The van der Waals surface area contributed by atoms with E-state index in [9.17, 15) is 9.59 Å². The lowest BCUT2D eigenvalue weighted by Crippen LogP contribution is -2.44. The van der Waals surface area contributed by atoms with Crippen LogP contribution < -0.4 is 0 Å². The minimum atomic E-state index is -0.316. The highest BCUT2D eigenvalue weighted by Crippen LogP contribution is 2.40. The van der Waals surface area contributed by atoms with E-state index in [1.54, 1.807) is 0 Å². The van der Waals surface area contributed by atoms with Gasteiger partial charge in [0.15, 0.2) is 0 Å². The molecule has 0 aromatic heterocycles. The molecule has 0 spiro atoms. The average Bonchev–Trinajstić information content (AvgIpc) is 2.75. The molecule has 0 N–H and O–H groups in total. The van der Waals surface area contributed by atoms with E-state index >= 15 is 0 Å². The number of ether oxygens (including phenoxy) is 2. The number of hydrogen-bond acceptors (Lipinski definition) is 4. The van der Waals surface area contributed by atoms with E-state index in [2.05, 4.69) is 13.8 Å². The Balaban J connectivity index is 1.67. The minimum absolute atomic E-state index is 0.139. The Morgan fingerprint density at radius 2 is 1.00 bits per heavy atom. The van der Waals surface area contributed by atoms with E-state index < -0.39 is 0 Å². The SMILES string of the molecule is CCC1(OC(=O)C2CCCCC2C(=O)OC2(CC)CCCCC2)CCCCC1. The monoisotopic (exact) mass is 392 g/mol. The third-order valence-electron chi connectivity index (χ3n) is 7.82. The smallest absolute Gasteiger partial charge is 0.310 e. The van der Waals surface area contributed by atoms with E-state index in [0.29, 0.717) is 0 Å². The van der Waals surface area contributed by atoms with Crippen molar-refractivity contribution in [1.82, 2.24) is 0 Å². The first-order valence-corrected chi connectivity index (χ1v) is 12.0. The van der Waals surface area contributed by atoms with E-state index in [1.165, 1.54) is 12.8 Å². The van der Waals surface area contributed by atoms with Crippen LogP contribution in [0, 0.1) is 11.8 Å². The Kier molecular flexibility index (Phi) is 7.44. The van der Waals surface area contributed by atoms with Crippen LogP contribution in [-0.4, -0.2) is 23.1 Å². The predicted molar refractivity (Wildman–Crippen MR) is 110 cm³/mol. The molecule has 4 heteroatoms. The fourth-order valence-electron chi connectivity index (χ4n) is 5.72. The normalized spacial score (nSPS) is 29.6. The van der Waals surface area contributed by atoms with Crippen molar-refractivity contribution in [2.24, 2.45) is 11.8 Å². The molecule has 3 saturated carbocycles. The highest BCUT2D eigenvalue weighted by molar-refractivity contribution is 5.82. The van der Waals surface area contributed by atoms with Gasteiger partial charge in [-0.1, -0.05) is 39.5 Å². The zero-order valence-electron chi connectivity index (χ0n) is 18.1. The van der Waals surface area contributed by atoms with Crippen LogP contribution in [-0.2, 0) is 19.1 Å². The molecule has 0 bridgehead atoms. The molecule has 28 heavy (non-hydrogen) atoms. The minimum Gasteiger partial charge on any atom is -0.459 e. The summed E-state index contributed by atoms with van der Waals surface area (Å²) < 4.78 is 12.3. The molecule has 0 aromatic carbocycles. The largest absolute Gasteiger partial charge is 0.459 e. The van der Waals surface area contributed by atoms with Gasteiger partial charge in [-0.05, 0) is 77.0 Å². The molecule has 2 unspecified atom stereocenters. The highest BCUT2D eigenvalue weighted by atomic mass is 16.6. The van der Waals surface area contributed by atoms with Crippen molar-refractivity contribution >= 4 is 11.9 Å². The van der Waals surface area contributed by atoms with Gasteiger partial charge < -0.3 is 9.47 Å². The van der Waals surface area contributed by atoms with Crippen molar-refractivity contribution in [1.29, 1.82) is 0 Å². The molecule has 3 rings (SSSR count). The lowest BCUT2D eigenvalue weighted by molar-refractivity contribution is -0.184. The molecule has 4 nitrogen and oxygen atoms in total. The summed E-state index contributed by atoms with van der Waals surface area (Å²) in [6.07, 6.45) is 16.2. The Morgan fingerprint density at radius 1 is 0.643 bits per heavy atom. The fraction of sp³-hybridized carbons (Fsp3) is 0.917. The van der Waals surface area contributed by atoms with Crippen LogP contribution in [0.25, 0.3) is 0 Å².